The van der Waals surface area contributed by atoms with Gasteiger partial charge in [0.2, 0.25) is 0 Å². The summed E-state index contributed by atoms with van der Waals surface area (Å²) in [4.78, 5) is 0. The summed E-state index contributed by atoms with van der Waals surface area (Å²) >= 11 is 0. The Morgan fingerprint density at radius 2 is 1.93 bits per heavy atom. The van der Waals surface area contributed by atoms with Crippen molar-refractivity contribution >= 4 is 0 Å². The van der Waals surface area contributed by atoms with Gasteiger partial charge in [0.15, 0.2) is 0 Å². The van der Waals surface area contributed by atoms with Crippen molar-refractivity contribution in [3.63, 3.8) is 0 Å². The zero-order valence-electron chi connectivity index (χ0n) is 10.4. The molecule has 0 N–H and O–H groups in total. The third-order valence-electron chi connectivity index (χ3n) is 4.55. The molecule has 0 saturated heterocycles. The van der Waals surface area contributed by atoms with Crippen LogP contribution in [0.1, 0.15) is 46.5 Å². The van der Waals surface area contributed by atoms with Crippen molar-refractivity contribution in [2.24, 2.45) is 23.7 Å². The maximum absolute atomic E-state index is 4.14. The monoisotopic (exact) mass is 204 g/mol. The summed E-state index contributed by atoms with van der Waals surface area (Å²) < 4.78 is 0. The van der Waals surface area contributed by atoms with Gasteiger partial charge >= 0.3 is 0 Å². The molecule has 0 spiro atoms. The molecular weight excluding hydrogens is 180 g/mol. The van der Waals surface area contributed by atoms with Crippen LogP contribution in [0.4, 0.5) is 0 Å². The van der Waals surface area contributed by atoms with E-state index in [0.29, 0.717) is 5.92 Å². The molecule has 0 nitrogen and oxygen atoms in total. The highest BCUT2D eigenvalue weighted by molar-refractivity contribution is 5.22. The Morgan fingerprint density at radius 1 is 1.20 bits per heavy atom. The van der Waals surface area contributed by atoms with Crippen LogP contribution in [0.15, 0.2) is 23.8 Å². The van der Waals surface area contributed by atoms with Crippen molar-refractivity contribution < 1.29 is 0 Å². The van der Waals surface area contributed by atoms with Gasteiger partial charge in [0.1, 0.15) is 0 Å². The second-order valence-electron chi connectivity index (χ2n) is 5.76. The molecule has 0 aromatic carbocycles. The Balaban J connectivity index is 2.27. The number of fused-ring (bicyclic) bond motifs is 1. The van der Waals surface area contributed by atoms with Gasteiger partial charge in [-0.2, -0.15) is 0 Å². The van der Waals surface area contributed by atoms with Crippen LogP contribution in [-0.4, -0.2) is 0 Å². The van der Waals surface area contributed by atoms with Crippen LogP contribution in [0.5, 0.6) is 0 Å². The lowest BCUT2D eigenvalue weighted by molar-refractivity contribution is 0.384. The Labute approximate surface area is 94.5 Å². The molecule has 15 heavy (non-hydrogen) atoms. The summed E-state index contributed by atoms with van der Waals surface area (Å²) in [6.07, 6.45) is 8.10. The number of hydrogen-bond donors (Lipinski definition) is 0. The van der Waals surface area contributed by atoms with E-state index < -0.39 is 0 Å². The Morgan fingerprint density at radius 3 is 2.60 bits per heavy atom. The third kappa shape index (κ3) is 2.04. The van der Waals surface area contributed by atoms with Crippen molar-refractivity contribution in [1.29, 1.82) is 0 Å². The highest BCUT2D eigenvalue weighted by Crippen LogP contribution is 2.45. The predicted octanol–water partition coefficient (Wildman–Crippen LogP) is 4.58. The summed E-state index contributed by atoms with van der Waals surface area (Å²) in [5.41, 5.74) is 3.11. The first kappa shape index (κ1) is 11.0. The van der Waals surface area contributed by atoms with Crippen LogP contribution in [0.3, 0.4) is 0 Å². The molecular formula is C15H24. The molecule has 2 aliphatic rings. The van der Waals surface area contributed by atoms with Crippen molar-refractivity contribution in [3.05, 3.63) is 23.8 Å². The molecule has 0 heteroatoms. The van der Waals surface area contributed by atoms with Gasteiger partial charge < -0.3 is 0 Å². The van der Waals surface area contributed by atoms with Crippen molar-refractivity contribution in [2.75, 3.05) is 0 Å². The fraction of sp³-hybridized carbons (Fsp3) is 0.733. The summed E-state index contributed by atoms with van der Waals surface area (Å²) in [5.74, 6) is 3.28. The Bertz CT molecular complexity index is 284. The molecule has 1 fully saturated rings. The summed E-state index contributed by atoms with van der Waals surface area (Å²) in [6.45, 7) is 11.2. The molecule has 1 saturated carbocycles. The smallest absolute Gasteiger partial charge is 0.00257 e. The second-order valence-corrected chi connectivity index (χ2v) is 5.76. The van der Waals surface area contributed by atoms with Crippen LogP contribution in [0, 0.1) is 23.7 Å². The van der Waals surface area contributed by atoms with Crippen LogP contribution in [0.2, 0.25) is 0 Å². The van der Waals surface area contributed by atoms with E-state index in [1.54, 1.807) is 5.57 Å². The fourth-order valence-electron chi connectivity index (χ4n) is 3.38. The van der Waals surface area contributed by atoms with Crippen molar-refractivity contribution in [2.45, 2.75) is 46.5 Å². The molecule has 0 heterocycles. The molecule has 4 atom stereocenters. The molecule has 2 rings (SSSR count). The highest BCUT2D eigenvalue weighted by atomic mass is 14.4. The lowest BCUT2D eigenvalue weighted by Crippen LogP contribution is -2.09. The van der Waals surface area contributed by atoms with Gasteiger partial charge in [0.25, 0.3) is 0 Å². The molecule has 0 unspecified atom stereocenters. The second kappa shape index (κ2) is 4.15. The van der Waals surface area contributed by atoms with E-state index in [-0.39, 0.29) is 0 Å². The van der Waals surface area contributed by atoms with Gasteiger partial charge in [-0.1, -0.05) is 37.6 Å². The summed E-state index contributed by atoms with van der Waals surface area (Å²) in [5, 5.41) is 0. The molecule has 0 aliphatic heterocycles. The van der Waals surface area contributed by atoms with Gasteiger partial charge in [-0.3, -0.25) is 0 Å². The normalized spacial score (nSPS) is 40.6. The van der Waals surface area contributed by atoms with Crippen molar-refractivity contribution in [1.82, 2.24) is 0 Å². The first-order valence-electron chi connectivity index (χ1n) is 6.46. The lowest BCUT2D eigenvalue weighted by Gasteiger charge is -2.18. The average Bonchev–Trinajstić information content (AvgIpc) is 2.43. The fourth-order valence-corrected chi connectivity index (χ4v) is 3.38. The Hall–Kier alpha value is -0.520. The highest BCUT2D eigenvalue weighted by Gasteiger charge is 2.33. The maximum atomic E-state index is 4.14. The van der Waals surface area contributed by atoms with E-state index in [1.165, 1.54) is 31.3 Å². The van der Waals surface area contributed by atoms with E-state index in [4.69, 9.17) is 0 Å². The first-order valence-corrected chi connectivity index (χ1v) is 6.46. The minimum absolute atomic E-state index is 0.660. The molecule has 0 aromatic rings. The SMILES string of the molecule is C=C(C)[C@H]1C=C2[C@H](C)CC[C@@H]2[C@H](C)CC1. The van der Waals surface area contributed by atoms with E-state index >= 15 is 0 Å². The van der Waals surface area contributed by atoms with E-state index in [1.807, 2.05) is 0 Å². The van der Waals surface area contributed by atoms with Crippen LogP contribution in [0.25, 0.3) is 0 Å². The van der Waals surface area contributed by atoms with Crippen molar-refractivity contribution in [3.8, 4) is 0 Å². The molecule has 0 radical (unpaired) electrons. The molecule has 2 aliphatic carbocycles. The van der Waals surface area contributed by atoms with E-state index in [2.05, 4.69) is 33.4 Å². The minimum atomic E-state index is 0.660. The van der Waals surface area contributed by atoms with Crippen LogP contribution in [-0.2, 0) is 0 Å². The molecule has 0 aromatic heterocycles. The number of hydrogen-bond acceptors (Lipinski definition) is 0. The topological polar surface area (TPSA) is 0 Å². The first-order chi connectivity index (χ1) is 7.09. The number of allylic oxidation sites excluding steroid dienone is 3. The third-order valence-corrected chi connectivity index (χ3v) is 4.55. The minimum Gasteiger partial charge on any atom is -0.0995 e. The quantitative estimate of drug-likeness (QED) is 0.548. The zero-order valence-corrected chi connectivity index (χ0v) is 10.4. The van der Waals surface area contributed by atoms with Crippen LogP contribution < -0.4 is 0 Å². The lowest BCUT2D eigenvalue weighted by atomic mass is 9.87. The zero-order chi connectivity index (χ0) is 11.0. The van der Waals surface area contributed by atoms with Gasteiger partial charge in [0.05, 0.1) is 0 Å². The molecule has 0 amide bonds. The average molecular weight is 204 g/mol. The standard InChI is InChI=1S/C15H24/c1-10(2)13-7-5-11(3)14-8-6-12(4)15(14)9-13/h9,11-14H,1,5-8H2,2-4H3/t11-,12-,13-,14-/m1/s1. The molecule has 84 valence electrons. The van der Waals surface area contributed by atoms with E-state index in [0.717, 1.165) is 17.8 Å². The largest absolute Gasteiger partial charge is 0.0995 e. The number of rotatable bonds is 1. The van der Waals surface area contributed by atoms with Gasteiger partial charge in [0, 0.05) is 0 Å². The van der Waals surface area contributed by atoms with Gasteiger partial charge in [-0.05, 0) is 56.3 Å². The van der Waals surface area contributed by atoms with Gasteiger partial charge in [-0.25, -0.2) is 0 Å². The van der Waals surface area contributed by atoms with Crippen LogP contribution >= 0.6 is 0 Å². The summed E-state index contributed by atoms with van der Waals surface area (Å²) in [7, 11) is 0. The predicted molar refractivity (Wildman–Crippen MR) is 66.7 cm³/mol. The summed E-state index contributed by atoms with van der Waals surface area (Å²) in [6, 6.07) is 0. The van der Waals surface area contributed by atoms with E-state index in [9.17, 15) is 0 Å². The molecule has 0 bridgehead atoms. The van der Waals surface area contributed by atoms with Gasteiger partial charge in [-0.15, -0.1) is 0 Å². The Kier molecular flexibility index (Phi) is 3.04. The maximum Gasteiger partial charge on any atom is -0.00257 e.